The van der Waals surface area contributed by atoms with Crippen LogP contribution in [0.1, 0.15) is 24.7 Å². The fraction of sp³-hybridized carbons (Fsp3) is 0.357. The molecule has 0 spiro atoms. The van der Waals surface area contributed by atoms with Crippen molar-refractivity contribution in [3.63, 3.8) is 0 Å². The summed E-state index contributed by atoms with van der Waals surface area (Å²) in [7, 11) is 0. The Morgan fingerprint density at radius 3 is 3.00 bits per heavy atom. The molecule has 0 saturated carbocycles. The second-order valence-corrected chi connectivity index (χ2v) is 4.08. The average molecular weight is 246 g/mol. The van der Waals surface area contributed by atoms with Crippen molar-refractivity contribution in [3.05, 3.63) is 47.9 Å². The first-order valence-electron chi connectivity index (χ1n) is 6.20. The molecule has 18 heavy (non-hydrogen) atoms. The van der Waals surface area contributed by atoms with Gasteiger partial charge in [-0.05, 0) is 24.1 Å². The van der Waals surface area contributed by atoms with E-state index in [0.29, 0.717) is 6.54 Å². The van der Waals surface area contributed by atoms with Gasteiger partial charge in [0, 0.05) is 12.6 Å². The van der Waals surface area contributed by atoms with Gasteiger partial charge in [0.15, 0.2) is 0 Å². The zero-order valence-electron chi connectivity index (χ0n) is 10.6. The lowest BCUT2D eigenvalue weighted by Crippen LogP contribution is -2.12. The molecule has 2 aromatic rings. The Hall–Kier alpha value is -1.81. The highest BCUT2D eigenvalue weighted by Crippen LogP contribution is 2.13. The molecule has 4 heteroatoms. The Kier molecular flexibility index (Phi) is 4.78. The van der Waals surface area contributed by atoms with E-state index in [-0.39, 0.29) is 0 Å². The van der Waals surface area contributed by atoms with Crippen LogP contribution in [0.15, 0.2) is 41.1 Å². The van der Waals surface area contributed by atoms with Gasteiger partial charge >= 0.3 is 0 Å². The monoisotopic (exact) mass is 246 g/mol. The minimum absolute atomic E-state index is 0.681. The van der Waals surface area contributed by atoms with E-state index in [9.17, 15) is 0 Å². The Morgan fingerprint density at radius 1 is 1.28 bits per heavy atom. The van der Waals surface area contributed by atoms with Crippen LogP contribution >= 0.6 is 0 Å². The second-order valence-electron chi connectivity index (χ2n) is 4.08. The van der Waals surface area contributed by atoms with Crippen LogP contribution in [0.3, 0.4) is 0 Å². The van der Waals surface area contributed by atoms with Gasteiger partial charge in [-0.3, -0.25) is 0 Å². The van der Waals surface area contributed by atoms with Crippen molar-refractivity contribution in [3.8, 4) is 5.75 Å². The van der Waals surface area contributed by atoms with Crippen molar-refractivity contribution in [2.45, 2.75) is 26.4 Å². The van der Waals surface area contributed by atoms with Gasteiger partial charge in [-0.1, -0.05) is 24.2 Å². The number of benzene rings is 1. The number of aromatic nitrogens is 1. The molecular weight excluding hydrogens is 228 g/mol. The van der Waals surface area contributed by atoms with E-state index in [1.54, 1.807) is 6.20 Å². The van der Waals surface area contributed by atoms with Gasteiger partial charge < -0.3 is 14.6 Å². The average Bonchev–Trinajstić information content (AvgIpc) is 2.90. The maximum Gasteiger partial charge on any atom is 0.150 e. The number of hydrogen-bond acceptors (Lipinski definition) is 4. The van der Waals surface area contributed by atoms with Crippen molar-refractivity contribution in [2.75, 3.05) is 6.61 Å². The maximum atomic E-state index is 5.59. The van der Waals surface area contributed by atoms with Crippen LogP contribution in [0.2, 0.25) is 0 Å². The predicted octanol–water partition coefficient (Wildman–Crippen LogP) is 2.75. The molecule has 1 N–H and O–H groups in total. The van der Waals surface area contributed by atoms with Crippen LogP contribution < -0.4 is 10.1 Å². The van der Waals surface area contributed by atoms with Gasteiger partial charge in [0.25, 0.3) is 0 Å². The van der Waals surface area contributed by atoms with E-state index in [2.05, 4.69) is 29.5 Å². The van der Waals surface area contributed by atoms with Crippen LogP contribution in [0.5, 0.6) is 5.75 Å². The summed E-state index contributed by atoms with van der Waals surface area (Å²) in [5.41, 5.74) is 1.20. The molecule has 0 amide bonds. The molecule has 0 saturated heterocycles. The lowest BCUT2D eigenvalue weighted by Gasteiger charge is -2.07. The Morgan fingerprint density at radius 2 is 2.22 bits per heavy atom. The van der Waals surface area contributed by atoms with Crippen LogP contribution in [0.25, 0.3) is 0 Å². The molecule has 0 fully saturated rings. The zero-order valence-corrected chi connectivity index (χ0v) is 10.6. The summed E-state index contributed by atoms with van der Waals surface area (Å²) in [5.74, 6) is 1.77. The van der Waals surface area contributed by atoms with Gasteiger partial charge in [-0.2, -0.15) is 0 Å². The summed E-state index contributed by atoms with van der Waals surface area (Å²) in [6.45, 7) is 4.32. The van der Waals surface area contributed by atoms with E-state index < -0.39 is 0 Å². The van der Waals surface area contributed by atoms with Crippen LogP contribution in [0, 0.1) is 0 Å². The maximum absolute atomic E-state index is 5.59. The molecule has 0 atom stereocenters. The van der Waals surface area contributed by atoms with Crippen molar-refractivity contribution in [1.29, 1.82) is 0 Å². The van der Waals surface area contributed by atoms with E-state index in [1.165, 1.54) is 5.56 Å². The topological polar surface area (TPSA) is 47.3 Å². The SMILES string of the molecule is CCCOc1cccc(CNCc2ccno2)c1. The molecule has 1 heterocycles. The molecule has 0 radical (unpaired) electrons. The third kappa shape index (κ3) is 3.89. The fourth-order valence-electron chi connectivity index (χ4n) is 1.63. The molecule has 0 aliphatic heterocycles. The van der Waals surface area contributed by atoms with Gasteiger partial charge in [0.05, 0.1) is 19.3 Å². The molecule has 1 aromatic heterocycles. The summed E-state index contributed by atoms with van der Waals surface area (Å²) in [6, 6.07) is 9.98. The summed E-state index contributed by atoms with van der Waals surface area (Å²) in [6.07, 6.45) is 2.67. The normalized spacial score (nSPS) is 10.5. The quantitative estimate of drug-likeness (QED) is 0.816. The lowest BCUT2D eigenvalue weighted by atomic mass is 10.2. The van der Waals surface area contributed by atoms with Gasteiger partial charge in [-0.15, -0.1) is 0 Å². The zero-order chi connectivity index (χ0) is 12.6. The molecule has 0 unspecified atom stereocenters. The minimum Gasteiger partial charge on any atom is -0.494 e. The first kappa shape index (κ1) is 12.6. The lowest BCUT2D eigenvalue weighted by molar-refractivity contribution is 0.317. The highest BCUT2D eigenvalue weighted by Gasteiger charge is 1.99. The highest BCUT2D eigenvalue weighted by molar-refractivity contribution is 5.28. The number of hydrogen-bond donors (Lipinski definition) is 1. The predicted molar refractivity (Wildman–Crippen MR) is 69.3 cm³/mol. The number of rotatable bonds is 7. The highest BCUT2D eigenvalue weighted by atomic mass is 16.5. The molecule has 0 aliphatic carbocycles. The van der Waals surface area contributed by atoms with Crippen molar-refractivity contribution >= 4 is 0 Å². The molecule has 1 aromatic carbocycles. The molecule has 96 valence electrons. The number of ether oxygens (including phenoxy) is 1. The van der Waals surface area contributed by atoms with Crippen molar-refractivity contribution in [2.24, 2.45) is 0 Å². The van der Waals surface area contributed by atoms with E-state index in [4.69, 9.17) is 9.26 Å². The molecule has 0 bridgehead atoms. The Labute approximate surface area is 107 Å². The minimum atomic E-state index is 0.681. The number of nitrogens with one attached hydrogen (secondary N) is 1. The Bertz CT molecular complexity index is 455. The van der Waals surface area contributed by atoms with Crippen LogP contribution in [0.4, 0.5) is 0 Å². The molecule has 2 rings (SSSR count). The standard InChI is InChI=1S/C14H18N2O2/c1-2-8-17-13-5-3-4-12(9-13)10-15-11-14-6-7-16-18-14/h3-7,9,15H,2,8,10-11H2,1H3. The van der Waals surface area contributed by atoms with Gasteiger partial charge in [0.2, 0.25) is 0 Å². The summed E-state index contributed by atoms with van der Waals surface area (Å²) in [4.78, 5) is 0. The van der Waals surface area contributed by atoms with Gasteiger partial charge in [-0.25, -0.2) is 0 Å². The third-order valence-corrected chi connectivity index (χ3v) is 2.49. The van der Waals surface area contributed by atoms with Crippen LogP contribution in [-0.2, 0) is 13.1 Å². The summed E-state index contributed by atoms with van der Waals surface area (Å²) < 4.78 is 10.6. The number of nitrogens with zero attached hydrogens (tertiary/aromatic N) is 1. The summed E-state index contributed by atoms with van der Waals surface area (Å²) in [5, 5.41) is 6.96. The fourth-order valence-corrected chi connectivity index (χ4v) is 1.63. The van der Waals surface area contributed by atoms with E-state index in [1.807, 2.05) is 18.2 Å². The first-order chi connectivity index (χ1) is 8.88. The van der Waals surface area contributed by atoms with Crippen molar-refractivity contribution < 1.29 is 9.26 Å². The van der Waals surface area contributed by atoms with E-state index in [0.717, 1.165) is 31.1 Å². The second kappa shape index (κ2) is 6.81. The smallest absolute Gasteiger partial charge is 0.150 e. The molecule has 0 aliphatic rings. The largest absolute Gasteiger partial charge is 0.494 e. The first-order valence-corrected chi connectivity index (χ1v) is 6.20. The summed E-state index contributed by atoms with van der Waals surface area (Å²) >= 11 is 0. The van der Waals surface area contributed by atoms with E-state index >= 15 is 0 Å². The van der Waals surface area contributed by atoms with Gasteiger partial charge in [0.1, 0.15) is 11.5 Å². The van der Waals surface area contributed by atoms with Crippen molar-refractivity contribution in [1.82, 2.24) is 10.5 Å². The van der Waals surface area contributed by atoms with Crippen LogP contribution in [-0.4, -0.2) is 11.8 Å². The molecular formula is C14H18N2O2. The Balaban J connectivity index is 1.81. The third-order valence-electron chi connectivity index (χ3n) is 2.49. The molecule has 4 nitrogen and oxygen atoms in total.